The average Bonchev–Trinajstić information content (AvgIpc) is 2.93. The van der Waals surface area contributed by atoms with E-state index in [2.05, 4.69) is 10.2 Å². The summed E-state index contributed by atoms with van der Waals surface area (Å²) in [6.45, 7) is 0.187. The van der Waals surface area contributed by atoms with Crippen LogP contribution < -0.4 is 5.73 Å². The van der Waals surface area contributed by atoms with E-state index in [1.807, 2.05) is 0 Å². The van der Waals surface area contributed by atoms with Gasteiger partial charge >= 0.3 is 0 Å². The smallest absolute Gasteiger partial charge is 0.248 e. The number of amides is 1. The highest BCUT2D eigenvalue weighted by Crippen LogP contribution is 2.15. The van der Waals surface area contributed by atoms with Crippen molar-refractivity contribution in [2.75, 3.05) is 7.05 Å². The highest BCUT2D eigenvalue weighted by atomic mass is 32.2. The standard InChI is InChI=1S/C12H14N4O3S/c1-16(20(18,19)11-6-14-15-7-11)8-9-2-4-10(5-3-9)12(13)17/h2-7H,8H2,1H3,(H2,13,17)(H,14,15). The van der Waals surface area contributed by atoms with Crippen LogP contribution in [0.3, 0.4) is 0 Å². The van der Waals surface area contributed by atoms with Gasteiger partial charge in [0.05, 0.1) is 6.20 Å². The molecule has 1 heterocycles. The van der Waals surface area contributed by atoms with E-state index in [-0.39, 0.29) is 11.4 Å². The number of aromatic amines is 1. The minimum Gasteiger partial charge on any atom is -0.366 e. The first kappa shape index (κ1) is 14.2. The van der Waals surface area contributed by atoms with Gasteiger partial charge in [-0.25, -0.2) is 8.42 Å². The van der Waals surface area contributed by atoms with Crippen molar-refractivity contribution in [2.45, 2.75) is 11.4 Å². The van der Waals surface area contributed by atoms with Crippen molar-refractivity contribution in [1.29, 1.82) is 0 Å². The Morgan fingerprint density at radius 3 is 2.50 bits per heavy atom. The van der Waals surface area contributed by atoms with Gasteiger partial charge in [0.15, 0.2) is 0 Å². The fourth-order valence-electron chi connectivity index (χ4n) is 1.68. The quantitative estimate of drug-likeness (QED) is 0.828. The summed E-state index contributed by atoms with van der Waals surface area (Å²) in [5.74, 6) is -0.518. The minimum atomic E-state index is -3.57. The van der Waals surface area contributed by atoms with Crippen LogP contribution in [0.4, 0.5) is 0 Å². The lowest BCUT2D eigenvalue weighted by Gasteiger charge is -2.16. The molecular weight excluding hydrogens is 280 g/mol. The molecule has 0 atom stereocenters. The van der Waals surface area contributed by atoms with E-state index in [4.69, 9.17) is 5.73 Å². The molecule has 0 aliphatic rings. The van der Waals surface area contributed by atoms with E-state index in [0.29, 0.717) is 5.56 Å². The number of hydrogen-bond acceptors (Lipinski definition) is 4. The first-order chi connectivity index (χ1) is 9.41. The summed E-state index contributed by atoms with van der Waals surface area (Å²) in [7, 11) is -2.10. The molecule has 1 amide bonds. The number of nitrogens with one attached hydrogen (secondary N) is 1. The summed E-state index contributed by atoms with van der Waals surface area (Å²) in [6, 6.07) is 6.47. The third-order valence-electron chi connectivity index (χ3n) is 2.83. The van der Waals surface area contributed by atoms with Crippen LogP contribution in [0, 0.1) is 0 Å². The second-order valence-corrected chi connectivity index (χ2v) is 6.30. The number of benzene rings is 1. The maximum atomic E-state index is 12.2. The molecule has 0 bridgehead atoms. The van der Waals surface area contributed by atoms with Gasteiger partial charge in [-0.2, -0.15) is 9.40 Å². The highest BCUT2D eigenvalue weighted by Gasteiger charge is 2.21. The van der Waals surface area contributed by atoms with Gasteiger partial charge in [0.1, 0.15) is 4.90 Å². The van der Waals surface area contributed by atoms with E-state index in [9.17, 15) is 13.2 Å². The summed E-state index contributed by atoms with van der Waals surface area (Å²) >= 11 is 0. The van der Waals surface area contributed by atoms with Gasteiger partial charge in [0.2, 0.25) is 15.9 Å². The Balaban J connectivity index is 2.16. The molecule has 1 aromatic carbocycles. The maximum absolute atomic E-state index is 12.2. The van der Waals surface area contributed by atoms with E-state index >= 15 is 0 Å². The van der Waals surface area contributed by atoms with E-state index in [0.717, 1.165) is 5.56 Å². The molecule has 0 spiro atoms. The highest BCUT2D eigenvalue weighted by molar-refractivity contribution is 7.89. The summed E-state index contributed by atoms with van der Waals surface area (Å²) in [4.78, 5) is 11.1. The topological polar surface area (TPSA) is 109 Å². The van der Waals surface area contributed by atoms with Crippen LogP contribution in [0.2, 0.25) is 0 Å². The van der Waals surface area contributed by atoms with Crippen LogP contribution in [0.1, 0.15) is 15.9 Å². The third-order valence-corrected chi connectivity index (χ3v) is 4.59. The van der Waals surface area contributed by atoms with Crippen molar-refractivity contribution in [2.24, 2.45) is 5.73 Å². The van der Waals surface area contributed by atoms with Gasteiger partial charge in [-0.3, -0.25) is 9.89 Å². The molecule has 0 aliphatic heterocycles. The largest absolute Gasteiger partial charge is 0.366 e. The molecule has 0 unspecified atom stereocenters. The molecule has 2 aromatic rings. The number of nitrogens with zero attached hydrogens (tertiary/aromatic N) is 2. The zero-order valence-electron chi connectivity index (χ0n) is 10.8. The van der Waals surface area contributed by atoms with Gasteiger partial charge in [-0.05, 0) is 17.7 Å². The molecule has 3 N–H and O–H groups in total. The number of carbonyl (C=O) groups excluding carboxylic acids is 1. The molecule has 0 saturated heterocycles. The zero-order valence-corrected chi connectivity index (χ0v) is 11.6. The SMILES string of the molecule is CN(Cc1ccc(C(N)=O)cc1)S(=O)(=O)c1cn[nH]c1. The van der Waals surface area contributed by atoms with Gasteiger partial charge in [-0.1, -0.05) is 12.1 Å². The summed E-state index contributed by atoms with van der Waals surface area (Å²) in [5, 5.41) is 6.09. The van der Waals surface area contributed by atoms with Crippen LogP contribution in [0.25, 0.3) is 0 Å². The molecule has 106 valence electrons. The number of primary amides is 1. The lowest BCUT2D eigenvalue weighted by atomic mass is 10.1. The lowest BCUT2D eigenvalue weighted by Crippen LogP contribution is -2.26. The van der Waals surface area contributed by atoms with Crippen molar-refractivity contribution in [3.8, 4) is 0 Å². The van der Waals surface area contributed by atoms with Crippen LogP contribution in [-0.2, 0) is 16.6 Å². The number of hydrogen-bond donors (Lipinski definition) is 2. The van der Waals surface area contributed by atoms with E-state index in [1.54, 1.807) is 24.3 Å². The van der Waals surface area contributed by atoms with Gasteiger partial charge in [-0.15, -0.1) is 0 Å². The Bertz CT molecular complexity index is 693. The molecule has 1 aromatic heterocycles. The van der Waals surface area contributed by atoms with Crippen LogP contribution in [0.15, 0.2) is 41.6 Å². The van der Waals surface area contributed by atoms with Crippen LogP contribution in [0.5, 0.6) is 0 Å². The Labute approximate surface area is 116 Å². The second-order valence-electron chi connectivity index (χ2n) is 4.26. The zero-order chi connectivity index (χ0) is 14.8. The van der Waals surface area contributed by atoms with Gasteiger partial charge in [0.25, 0.3) is 0 Å². The Hall–Kier alpha value is -2.19. The third kappa shape index (κ3) is 2.86. The van der Waals surface area contributed by atoms with E-state index in [1.165, 1.54) is 23.7 Å². The number of rotatable bonds is 5. The van der Waals surface area contributed by atoms with Crippen LogP contribution >= 0.6 is 0 Å². The normalized spacial score (nSPS) is 11.7. The van der Waals surface area contributed by atoms with E-state index < -0.39 is 15.9 Å². The monoisotopic (exact) mass is 294 g/mol. The average molecular weight is 294 g/mol. The lowest BCUT2D eigenvalue weighted by molar-refractivity contribution is 0.100. The first-order valence-electron chi connectivity index (χ1n) is 5.75. The molecule has 0 radical (unpaired) electrons. The van der Waals surface area contributed by atoms with Crippen LogP contribution in [-0.4, -0.2) is 35.9 Å². The molecule has 0 saturated carbocycles. The molecule has 8 heteroatoms. The van der Waals surface area contributed by atoms with Crippen molar-refractivity contribution in [3.05, 3.63) is 47.8 Å². The summed E-state index contributed by atoms with van der Waals surface area (Å²) < 4.78 is 25.5. The predicted molar refractivity (Wildman–Crippen MR) is 72.2 cm³/mol. The number of aromatic nitrogens is 2. The number of sulfonamides is 1. The molecule has 2 rings (SSSR count). The Morgan fingerprint density at radius 2 is 2.00 bits per heavy atom. The molecule has 20 heavy (non-hydrogen) atoms. The molecule has 0 fully saturated rings. The number of nitrogens with two attached hydrogens (primary N) is 1. The Kier molecular flexibility index (Phi) is 3.86. The molecule has 0 aliphatic carbocycles. The molecular formula is C12H14N4O3S. The number of carbonyl (C=O) groups is 1. The maximum Gasteiger partial charge on any atom is 0.248 e. The predicted octanol–water partition coefficient (Wildman–Crippen LogP) is 0.329. The van der Waals surface area contributed by atoms with Crippen molar-refractivity contribution < 1.29 is 13.2 Å². The second kappa shape index (κ2) is 5.43. The Morgan fingerprint density at radius 1 is 1.35 bits per heavy atom. The van der Waals surface area contributed by atoms with Gasteiger partial charge in [0, 0.05) is 25.4 Å². The summed E-state index contributed by atoms with van der Waals surface area (Å²) in [6.07, 6.45) is 2.57. The van der Waals surface area contributed by atoms with Crippen molar-refractivity contribution in [3.63, 3.8) is 0 Å². The summed E-state index contributed by atoms with van der Waals surface area (Å²) in [5.41, 5.74) is 6.28. The number of H-pyrrole nitrogens is 1. The fraction of sp³-hybridized carbons (Fsp3) is 0.167. The molecule has 7 nitrogen and oxygen atoms in total. The first-order valence-corrected chi connectivity index (χ1v) is 7.19. The minimum absolute atomic E-state index is 0.105. The van der Waals surface area contributed by atoms with Crippen molar-refractivity contribution in [1.82, 2.24) is 14.5 Å². The van der Waals surface area contributed by atoms with Gasteiger partial charge < -0.3 is 5.73 Å². The van der Waals surface area contributed by atoms with Crippen molar-refractivity contribution >= 4 is 15.9 Å². The fourth-order valence-corrected chi connectivity index (χ4v) is 2.74.